The summed E-state index contributed by atoms with van der Waals surface area (Å²) < 4.78 is 5.60. The van der Waals surface area contributed by atoms with Gasteiger partial charge < -0.3 is 14.7 Å². The first-order chi connectivity index (χ1) is 9.18. The molecule has 0 aliphatic carbocycles. The van der Waals surface area contributed by atoms with Crippen molar-refractivity contribution in [2.24, 2.45) is 0 Å². The number of carbonyl (C=O) groups is 2. The van der Waals surface area contributed by atoms with Crippen molar-refractivity contribution in [2.75, 3.05) is 13.2 Å². The Bertz CT molecular complexity index is 325. The van der Waals surface area contributed by atoms with Gasteiger partial charge in [-0.25, -0.2) is 4.79 Å². The van der Waals surface area contributed by atoms with Gasteiger partial charge in [0.15, 0.2) is 0 Å². The van der Waals surface area contributed by atoms with Gasteiger partial charge in [0.05, 0.1) is 6.10 Å². The second kappa shape index (κ2) is 6.89. The van der Waals surface area contributed by atoms with Crippen LogP contribution in [-0.2, 0) is 14.3 Å². The van der Waals surface area contributed by atoms with Crippen LogP contribution in [0, 0.1) is 0 Å². The van der Waals surface area contributed by atoms with E-state index in [0.717, 1.165) is 38.7 Å². The van der Waals surface area contributed by atoms with Crippen LogP contribution in [0.2, 0.25) is 0 Å². The lowest BCUT2D eigenvalue weighted by molar-refractivity contribution is -0.152. The van der Waals surface area contributed by atoms with Gasteiger partial charge in [-0.2, -0.15) is 0 Å². The van der Waals surface area contributed by atoms with Gasteiger partial charge in [-0.3, -0.25) is 4.79 Å². The fourth-order valence-corrected chi connectivity index (χ4v) is 2.95. The number of carbonyl (C=O) groups excluding carboxylic acids is 1. The van der Waals surface area contributed by atoms with Crippen LogP contribution in [0.4, 0.5) is 0 Å². The van der Waals surface area contributed by atoms with Gasteiger partial charge in [0.25, 0.3) is 0 Å². The molecule has 0 aromatic carbocycles. The normalized spacial score (nSPS) is 28.1. The molecule has 5 nitrogen and oxygen atoms in total. The lowest BCUT2D eigenvalue weighted by Gasteiger charge is -2.33. The third-order valence-corrected chi connectivity index (χ3v) is 4.06. The minimum absolute atomic E-state index is 0.0266. The Kier molecular flexibility index (Phi) is 5.19. The zero-order valence-electron chi connectivity index (χ0n) is 11.3. The van der Waals surface area contributed by atoms with E-state index < -0.39 is 12.0 Å². The van der Waals surface area contributed by atoms with Crippen LogP contribution in [0.25, 0.3) is 0 Å². The summed E-state index contributed by atoms with van der Waals surface area (Å²) in [5.41, 5.74) is 0. The molecule has 19 heavy (non-hydrogen) atoms. The molecule has 2 aliphatic heterocycles. The van der Waals surface area contributed by atoms with Crippen molar-refractivity contribution in [1.29, 1.82) is 0 Å². The van der Waals surface area contributed by atoms with Gasteiger partial charge in [0, 0.05) is 19.6 Å². The van der Waals surface area contributed by atoms with Gasteiger partial charge in [-0.1, -0.05) is 0 Å². The maximum absolute atomic E-state index is 12.2. The Morgan fingerprint density at radius 3 is 2.63 bits per heavy atom. The van der Waals surface area contributed by atoms with Gasteiger partial charge in [-0.05, 0) is 44.9 Å². The molecule has 0 saturated carbocycles. The van der Waals surface area contributed by atoms with Gasteiger partial charge in [0.2, 0.25) is 5.91 Å². The van der Waals surface area contributed by atoms with E-state index in [4.69, 9.17) is 9.84 Å². The first kappa shape index (κ1) is 14.3. The SMILES string of the molecule is O=C(O)[C@@H]1CCCCN1C(=O)CCC1CCCCO1. The Morgan fingerprint density at radius 1 is 1.16 bits per heavy atom. The molecule has 1 amide bonds. The molecule has 5 heteroatoms. The number of carboxylic acids is 1. The van der Waals surface area contributed by atoms with Crippen molar-refractivity contribution in [3.05, 3.63) is 0 Å². The van der Waals surface area contributed by atoms with E-state index in [-0.39, 0.29) is 12.0 Å². The summed E-state index contributed by atoms with van der Waals surface area (Å²) in [5, 5.41) is 9.16. The van der Waals surface area contributed by atoms with Crippen LogP contribution >= 0.6 is 0 Å². The molecule has 1 N–H and O–H groups in total. The summed E-state index contributed by atoms with van der Waals surface area (Å²) in [7, 11) is 0. The number of aliphatic carboxylic acids is 1. The lowest BCUT2D eigenvalue weighted by atomic mass is 10.00. The summed E-state index contributed by atoms with van der Waals surface area (Å²) in [6.07, 6.45) is 7.01. The summed E-state index contributed by atoms with van der Waals surface area (Å²) >= 11 is 0. The molecular formula is C14H23NO4. The maximum atomic E-state index is 12.2. The van der Waals surface area contributed by atoms with E-state index in [1.807, 2.05) is 0 Å². The molecule has 0 aromatic heterocycles. The van der Waals surface area contributed by atoms with Gasteiger partial charge in [0.1, 0.15) is 6.04 Å². The highest BCUT2D eigenvalue weighted by Gasteiger charge is 2.31. The molecule has 2 fully saturated rings. The maximum Gasteiger partial charge on any atom is 0.326 e. The Labute approximate surface area is 113 Å². The summed E-state index contributed by atoms with van der Waals surface area (Å²) in [6.45, 7) is 1.38. The molecule has 2 aliphatic rings. The van der Waals surface area contributed by atoms with E-state index in [1.54, 1.807) is 4.90 Å². The average molecular weight is 269 g/mol. The van der Waals surface area contributed by atoms with E-state index in [0.29, 0.717) is 19.4 Å². The van der Waals surface area contributed by atoms with Crippen LogP contribution in [0.15, 0.2) is 0 Å². The van der Waals surface area contributed by atoms with E-state index in [1.165, 1.54) is 6.42 Å². The van der Waals surface area contributed by atoms with E-state index in [2.05, 4.69) is 0 Å². The smallest absolute Gasteiger partial charge is 0.326 e. The molecule has 0 bridgehead atoms. The predicted molar refractivity (Wildman–Crippen MR) is 69.8 cm³/mol. The molecule has 0 radical (unpaired) electrons. The minimum Gasteiger partial charge on any atom is -0.480 e. The quantitative estimate of drug-likeness (QED) is 0.845. The molecule has 2 heterocycles. The molecule has 0 spiro atoms. The molecule has 2 saturated heterocycles. The molecule has 2 rings (SSSR count). The zero-order valence-corrected chi connectivity index (χ0v) is 11.3. The number of hydrogen-bond donors (Lipinski definition) is 1. The second-order valence-electron chi connectivity index (χ2n) is 5.46. The minimum atomic E-state index is -0.873. The van der Waals surface area contributed by atoms with Crippen LogP contribution in [0.5, 0.6) is 0 Å². The van der Waals surface area contributed by atoms with Crippen molar-refractivity contribution < 1.29 is 19.4 Å². The van der Waals surface area contributed by atoms with Crippen molar-refractivity contribution in [1.82, 2.24) is 4.90 Å². The van der Waals surface area contributed by atoms with E-state index in [9.17, 15) is 9.59 Å². The molecule has 0 aromatic rings. The molecule has 1 unspecified atom stereocenters. The molecule has 108 valence electrons. The first-order valence-electron chi connectivity index (χ1n) is 7.32. The van der Waals surface area contributed by atoms with Crippen molar-refractivity contribution >= 4 is 11.9 Å². The number of carboxylic acid groups (broad SMARTS) is 1. The Hall–Kier alpha value is -1.10. The highest BCUT2D eigenvalue weighted by atomic mass is 16.5. The van der Waals surface area contributed by atoms with Crippen LogP contribution in [-0.4, -0.2) is 47.2 Å². The first-order valence-corrected chi connectivity index (χ1v) is 7.32. The number of nitrogens with zero attached hydrogens (tertiary/aromatic N) is 1. The largest absolute Gasteiger partial charge is 0.480 e. The third kappa shape index (κ3) is 3.93. The number of rotatable bonds is 4. The fraction of sp³-hybridized carbons (Fsp3) is 0.857. The predicted octanol–water partition coefficient (Wildman–Crippen LogP) is 1.80. The topological polar surface area (TPSA) is 66.8 Å². The second-order valence-corrected chi connectivity index (χ2v) is 5.46. The van der Waals surface area contributed by atoms with Crippen molar-refractivity contribution in [3.63, 3.8) is 0 Å². The average Bonchev–Trinajstić information content (AvgIpc) is 2.46. The van der Waals surface area contributed by atoms with Crippen LogP contribution in [0.3, 0.4) is 0 Å². The highest BCUT2D eigenvalue weighted by molar-refractivity contribution is 5.83. The van der Waals surface area contributed by atoms with Crippen LogP contribution in [0.1, 0.15) is 51.4 Å². The Morgan fingerprint density at radius 2 is 1.95 bits per heavy atom. The fourth-order valence-electron chi connectivity index (χ4n) is 2.95. The number of ether oxygens (including phenoxy) is 1. The third-order valence-electron chi connectivity index (χ3n) is 4.06. The number of piperidine rings is 1. The van der Waals surface area contributed by atoms with E-state index >= 15 is 0 Å². The highest BCUT2D eigenvalue weighted by Crippen LogP contribution is 2.21. The standard InChI is InChI=1S/C14H23NO4/c16-13(8-7-11-5-2-4-10-19-11)15-9-3-1-6-12(15)14(17)18/h11-12H,1-10H2,(H,17,18)/t11?,12-/m0/s1. The lowest BCUT2D eigenvalue weighted by Crippen LogP contribution is -2.48. The number of amides is 1. The van der Waals surface area contributed by atoms with Gasteiger partial charge >= 0.3 is 5.97 Å². The monoisotopic (exact) mass is 269 g/mol. The molecule has 2 atom stereocenters. The molecular weight excluding hydrogens is 246 g/mol. The zero-order chi connectivity index (χ0) is 13.7. The van der Waals surface area contributed by atoms with Gasteiger partial charge in [-0.15, -0.1) is 0 Å². The summed E-state index contributed by atoms with van der Waals surface area (Å²) in [5.74, 6) is -0.900. The number of likely N-dealkylation sites (tertiary alicyclic amines) is 1. The Balaban J connectivity index is 1.81. The van der Waals surface area contributed by atoms with Crippen molar-refractivity contribution in [2.45, 2.75) is 63.5 Å². The number of hydrogen-bond acceptors (Lipinski definition) is 3. The van der Waals surface area contributed by atoms with Crippen LogP contribution < -0.4 is 0 Å². The summed E-state index contributed by atoms with van der Waals surface area (Å²) in [6, 6.07) is -0.617. The van der Waals surface area contributed by atoms with Crippen molar-refractivity contribution in [3.8, 4) is 0 Å². The summed E-state index contributed by atoms with van der Waals surface area (Å²) in [4.78, 5) is 24.9.